The van der Waals surface area contributed by atoms with Crippen LogP contribution in [-0.4, -0.2) is 103 Å². The lowest BCUT2D eigenvalue weighted by Gasteiger charge is -2.39. The lowest BCUT2D eigenvalue weighted by Crippen LogP contribution is -2.51. The maximum absolute atomic E-state index is 13.3. The molecule has 5 rings (SSSR count). The molecule has 0 saturated carbocycles. The third kappa shape index (κ3) is 6.44. The fraction of sp³-hybridized carbons (Fsp3) is 0.621. The minimum atomic E-state index is -3.24. The summed E-state index contributed by atoms with van der Waals surface area (Å²) in [6.45, 7) is 6.27. The summed E-state index contributed by atoms with van der Waals surface area (Å²) in [4.78, 5) is 43.1. The lowest BCUT2D eigenvalue weighted by atomic mass is 9.96. The van der Waals surface area contributed by atoms with Gasteiger partial charge < -0.3 is 19.5 Å². The molecule has 11 nitrogen and oxygen atoms in total. The molecular formula is C29H41N5O6S. The van der Waals surface area contributed by atoms with Crippen molar-refractivity contribution in [2.75, 3.05) is 45.6 Å². The number of sulfonamides is 1. The summed E-state index contributed by atoms with van der Waals surface area (Å²) in [5.41, 5.74) is 0.755. The Morgan fingerprint density at radius 3 is 2.34 bits per heavy atom. The van der Waals surface area contributed by atoms with E-state index in [1.807, 2.05) is 38.1 Å². The number of carbonyl (C=O) groups excluding carboxylic acids is 2. The van der Waals surface area contributed by atoms with Crippen molar-refractivity contribution in [1.29, 1.82) is 0 Å². The molecule has 0 radical (unpaired) electrons. The first-order valence-electron chi connectivity index (χ1n) is 14.6. The number of piperidine rings is 1. The Hall–Kier alpha value is -2.96. The maximum atomic E-state index is 13.3. The van der Waals surface area contributed by atoms with E-state index in [-0.39, 0.29) is 42.2 Å². The minimum Gasteiger partial charge on any atom is -0.449 e. The van der Waals surface area contributed by atoms with Crippen LogP contribution in [0.5, 0.6) is 0 Å². The molecule has 2 amide bonds. The average molecular weight is 588 g/mol. The van der Waals surface area contributed by atoms with Crippen LogP contribution in [0.4, 0.5) is 4.79 Å². The number of benzene rings is 1. The summed E-state index contributed by atoms with van der Waals surface area (Å²) >= 11 is 0. The van der Waals surface area contributed by atoms with Gasteiger partial charge >= 0.3 is 6.09 Å². The molecular weight excluding hydrogens is 546 g/mol. The molecule has 41 heavy (non-hydrogen) atoms. The van der Waals surface area contributed by atoms with Gasteiger partial charge in [0.15, 0.2) is 0 Å². The Bertz CT molecular complexity index is 1440. The van der Waals surface area contributed by atoms with Gasteiger partial charge in [-0.2, -0.15) is 4.31 Å². The maximum Gasteiger partial charge on any atom is 0.409 e. The van der Waals surface area contributed by atoms with Crippen LogP contribution >= 0.6 is 0 Å². The number of ether oxygens (including phenoxy) is 1. The lowest BCUT2D eigenvalue weighted by molar-refractivity contribution is 0.0725. The standard InChI is InChI=1S/C29H41N5O6S/c1-20(2)34-26-8-5-4-7-21(26)17-25(28(34)36)27(35)30-22-18-23-9-10-24(19-22)33(23)11-6-16-40-29(37)31-12-14-32(15-13-31)41(3,38)39/h4-5,7-8,17,20,22-24H,6,9-16,18-19H2,1-3H3,(H,30,35). The van der Waals surface area contributed by atoms with Gasteiger partial charge in [0.25, 0.3) is 11.5 Å². The zero-order valence-corrected chi connectivity index (χ0v) is 24.9. The molecule has 4 heterocycles. The predicted octanol–water partition coefficient (Wildman–Crippen LogP) is 2.41. The topological polar surface area (TPSA) is 121 Å². The summed E-state index contributed by atoms with van der Waals surface area (Å²) in [6, 6.07) is 10.0. The number of para-hydroxylation sites is 1. The van der Waals surface area contributed by atoms with Crippen molar-refractivity contribution in [3.05, 3.63) is 46.2 Å². The number of fused-ring (bicyclic) bond motifs is 3. The molecule has 224 valence electrons. The number of nitrogens with zero attached hydrogens (tertiary/aromatic N) is 4. The van der Waals surface area contributed by atoms with Gasteiger partial charge in [0.05, 0.1) is 18.4 Å². The fourth-order valence-electron chi connectivity index (χ4n) is 6.68. The zero-order chi connectivity index (χ0) is 29.3. The molecule has 2 atom stereocenters. The van der Waals surface area contributed by atoms with E-state index >= 15 is 0 Å². The summed E-state index contributed by atoms with van der Waals surface area (Å²) in [5, 5.41) is 4.04. The largest absolute Gasteiger partial charge is 0.449 e. The molecule has 1 N–H and O–H groups in total. The van der Waals surface area contributed by atoms with Gasteiger partial charge in [-0.25, -0.2) is 13.2 Å². The van der Waals surface area contributed by atoms with Crippen molar-refractivity contribution in [3.8, 4) is 0 Å². The minimum absolute atomic E-state index is 0.0121. The van der Waals surface area contributed by atoms with E-state index in [0.29, 0.717) is 38.2 Å². The molecule has 0 aliphatic carbocycles. The Morgan fingerprint density at radius 2 is 1.71 bits per heavy atom. The van der Waals surface area contributed by atoms with Crippen LogP contribution in [0, 0.1) is 0 Å². The van der Waals surface area contributed by atoms with E-state index in [9.17, 15) is 22.8 Å². The molecule has 2 bridgehead atoms. The highest BCUT2D eigenvalue weighted by Gasteiger charge is 2.41. The number of amides is 2. The van der Waals surface area contributed by atoms with Gasteiger partial charge in [0, 0.05) is 56.9 Å². The van der Waals surface area contributed by atoms with E-state index in [2.05, 4.69) is 10.2 Å². The van der Waals surface area contributed by atoms with Gasteiger partial charge in [0.1, 0.15) is 5.56 Å². The number of hydrogen-bond acceptors (Lipinski definition) is 7. The van der Waals surface area contributed by atoms with Crippen molar-refractivity contribution in [2.45, 2.75) is 70.1 Å². The molecule has 0 spiro atoms. The van der Waals surface area contributed by atoms with Gasteiger partial charge in [-0.3, -0.25) is 14.5 Å². The van der Waals surface area contributed by atoms with Gasteiger partial charge in [-0.05, 0) is 63.5 Å². The Labute approximate surface area is 241 Å². The van der Waals surface area contributed by atoms with Crippen LogP contribution in [0.3, 0.4) is 0 Å². The second-order valence-corrected chi connectivity index (χ2v) is 13.7. The van der Waals surface area contributed by atoms with Crippen LogP contribution in [0.25, 0.3) is 10.9 Å². The summed E-state index contributed by atoms with van der Waals surface area (Å²) in [7, 11) is -3.24. The Morgan fingerprint density at radius 1 is 1.05 bits per heavy atom. The summed E-state index contributed by atoms with van der Waals surface area (Å²) < 4.78 is 31.9. The van der Waals surface area contributed by atoms with Crippen LogP contribution < -0.4 is 10.9 Å². The smallest absolute Gasteiger partial charge is 0.409 e. The van der Waals surface area contributed by atoms with Crippen molar-refractivity contribution in [1.82, 2.24) is 24.0 Å². The first-order chi connectivity index (χ1) is 19.5. The molecule has 2 unspecified atom stereocenters. The highest BCUT2D eigenvalue weighted by Crippen LogP contribution is 2.36. The molecule has 3 fully saturated rings. The molecule has 1 aromatic heterocycles. The van der Waals surface area contributed by atoms with E-state index in [1.54, 1.807) is 15.5 Å². The van der Waals surface area contributed by atoms with Crippen molar-refractivity contribution in [2.24, 2.45) is 0 Å². The second kappa shape index (κ2) is 12.1. The number of hydrogen-bond donors (Lipinski definition) is 1. The average Bonchev–Trinajstić information content (AvgIpc) is 3.17. The van der Waals surface area contributed by atoms with Crippen LogP contribution in [0.15, 0.2) is 35.1 Å². The zero-order valence-electron chi connectivity index (χ0n) is 24.1. The number of pyridine rings is 1. The first kappa shape index (κ1) is 29.5. The van der Waals surface area contributed by atoms with Crippen molar-refractivity contribution in [3.63, 3.8) is 0 Å². The third-order valence-corrected chi connectivity index (χ3v) is 9.98. The van der Waals surface area contributed by atoms with Crippen LogP contribution in [-0.2, 0) is 14.8 Å². The Kier molecular flexibility index (Phi) is 8.72. The van der Waals surface area contributed by atoms with Crippen LogP contribution in [0.1, 0.15) is 62.4 Å². The third-order valence-electron chi connectivity index (χ3n) is 8.68. The molecule has 3 aliphatic rings. The molecule has 2 aromatic rings. The van der Waals surface area contributed by atoms with Gasteiger partial charge in [-0.15, -0.1) is 0 Å². The molecule has 3 aliphatic heterocycles. The highest BCUT2D eigenvalue weighted by molar-refractivity contribution is 7.88. The van der Waals surface area contributed by atoms with Gasteiger partial charge in [-0.1, -0.05) is 18.2 Å². The van der Waals surface area contributed by atoms with Gasteiger partial charge in [0.2, 0.25) is 10.0 Å². The molecule has 1 aromatic carbocycles. The van der Waals surface area contributed by atoms with E-state index < -0.39 is 16.1 Å². The number of rotatable bonds is 8. The SMILES string of the molecule is CC(C)n1c(=O)c(C(=O)NC2CC3CCC(C2)N3CCCOC(=O)N2CCN(S(C)(=O)=O)CC2)cc2ccccc21. The molecule has 12 heteroatoms. The normalized spacial score (nSPS) is 23.7. The first-order valence-corrected chi connectivity index (χ1v) is 16.5. The number of aromatic nitrogens is 1. The number of nitrogens with one attached hydrogen (secondary N) is 1. The van der Waals surface area contributed by atoms with E-state index in [1.165, 1.54) is 10.6 Å². The van der Waals surface area contributed by atoms with Crippen molar-refractivity contribution < 1.29 is 22.7 Å². The second-order valence-electron chi connectivity index (χ2n) is 11.8. The van der Waals surface area contributed by atoms with Crippen LogP contribution in [0.2, 0.25) is 0 Å². The molecule has 3 saturated heterocycles. The Balaban J connectivity index is 1.11. The summed E-state index contributed by atoms with van der Waals surface area (Å²) in [5.74, 6) is -0.308. The quantitative estimate of drug-likeness (QED) is 0.471. The van der Waals surface area contributed by atoms with Crippen molar-refractivity contribution >= 4 is 32.9 Å². The number of carbonyl (C=O) groups is 2. The highest BCUT2D eigenvalue weighted by atomic mass is 32.2. The summed E-state index contributed by atoms with van der Waals surface area (Å²) in [6.07, 6.45) is 5.30. The van der Waals surface area contributed by atoms with E-state index in [0.717, 1.165) is 43.1 Å². The number of piperazine rings is 1. The monoisotopic (exact) mass is 587 g/mol. The fourth-order valence-corrected chi connectivity index (χ4v) is 7.51. The predicted molar refractivity (Wildman–Crippen MR) is 157 cm³/mol. The van der Waals surface area contributed by atoms with E-state index in [4.69, 9.17) is 4.74 Å².